The van der Waals surface area contributed by atoms with E-state index in [0.717, 1.165) is 43.7 Å². The standard InChI is InChI=1S/C34H48ClN5O4S/c1-26(2)24-36-14-16-38(17-15-36)33(41)23-29(22-27-10-12-30(35)13-11-27)34(42)39-20-18-37(19-21-39)31-6-4-5-7-32(31)40(45(3,43)44)25-28-8-9-28/h4-7,10-13,26,28-29H,8-9,14-25H2,1-3H3. The molecule has 2 aliphatic heterocycles. The number of anilines is 2. The molecular formula is C34H48ClN5O4S. The van der Waals surface area contributed by atoms with Crippen molar-refractivity contribution in [3.8, 4) is 0 Å². The average Bonchev–Trinajstić information content (AvgIpc) is 3.84. The minimum absolute atomic E-state index is 0.00354. The number of piperazine rings is 2. The van der Waals surface area contributed by atoms with Gasteiger partial charge in [0.25, 0.3) is 0 Å². The summed E-state index contributed by atoms with van der Waals surface area (Å²) < 4.78 is 27.1. The van der Waals surface area contributed by atoms with Gasteiger partial charge in [-0.05, 0) is 60.9 Å². The molecule has 2 amide bonds. The molecule has 0 spiro atoms. The highest BCUT2D eigenvalue weighted by Crippen LogP contribution is 2.37. The number of rotatable bonds is 12. The van der Waals surface area contributed by atoms with Gasteiger partial charge in [0.1, 0.15) is 0 Å². The highest BCUT2D eigenvalue weighted by Gasteiger charge is 2.34. The minimum atomic E-state index is -3.44. The number of halogens is 1. The fourth-order valence-electron chi connectivity index (χ4n) is 6.50. The molecule has 0 bridgehead atoms. The van der Waals surface area contributed by atoms with Gasteiger partial charge in [0.05, 0.1) is 23.5 Å². The van der Waals surface area contributed by atoms with E-state index < -0.39 is 15.9 Å². The van der Waals surface area contributed by atoms with Crippen molar-refractivity contribution in [2.75, 3.05) is 80.9 Å². The maximum atomic E-state index is 14.1. The quantitative estimate of drug-likeness (QED) is 0.340. The first-order valence-corrected chi connectivity index (χ1v) is 18.6. The molecule has 3 fully saturated rings. The van der Waals surface area contributed by atoms with E-state index in [4.69, 9.17) is 11.6 Å². The van der Waals surface area contributed by atoms with E-state index in [1.54, 1.807) is 4.31 Å². The molecule has 3 aliphatic rings. The molecule has 1 atom stereocenters. The molecule has 5 rings (SSSR count). The molecule has 1 unspecified atom stereocenters. The van der Waals surface area contributed by atoms with Crippen molar-refractivity contribution in [2.24, 2.45) is 17.8 Å². The first kappa shape index (κ1) is 33.5. The molecule has 2 heterocycles. The molecule has 1 aliphatic carbocycles. The van der Waals surface area contributed by atoms with Gasteiger partial charge >= 0.3 is 0 Å². The third-order valence-electron chi connectivity index (χ3n) is 9.12. The fraction of sp³-hybridized carbons (Fsp3) is 0.588. The lowest BCUT2D eigenvalue weighted by Crippen LogP contribution is -2.52. The van der Waals surface area contributed by atoms with Crippen LogP contribution in [0.5, 0.6) is 0 Å². The number of benzene rings is 2. The molecule has 2 aromatic rings. The zero-order chi connectivity index (χ0) is 32.1. The van der Waals surface area contributed by atoms with Crippen LogP contribution in [0.1, 0.15) is 38.7 Å². The molecule has 45 heavy (non-hydrogen) atoms. The van der Waals surface area contributed by atoms with Crippen LogP contribution in [0.4, 0.5) is 11.4 Å². The second-order valence-electron chi connectivity index (χ2n) is 13.3. The normalized spacial score (nSPS) is 18.7. The summed E-state index contributed by atoms with van der Waals surface area (Å²) in [7, 11) is -3.44. The molecule has 1 saturated carbocycles. The van der Waals surface area contributed by atoms with Crippen LogP contribution in [0.2, 0.25) is 5.02 Å². The molecule has 2 aromatic carbocycles. The lowest BCUT2D eigenvalue weighted by Gasteiger charge is -2.39. The van der Waals surface area contributed by atoms with Crippen LogP contribution in [0.3, 0.4) is 0 Å². The molecule has 0 N–H and O–H groups in total. The van der Waals surface area contributed by atoms with Crippen LogP contribution >= 0.6 is 11.6 Å². The first-order chi connectivity index (χ1) is 21.5. The number of hydrogen-bond acceptors (Lipinski definition) is 6. The van der Waals surface area contributed by atoms with Crippen molar-refractivity contribution in [1.29, 1.82) is 0 Å². The number of hydrogen-bond donors (Lipinski definition) is 0. The number of para-hydroxylation sites is 2. The lowest BCUT2D eigenvalue weighted by atomic mass is 9.93. The molecule has 9 nitrogen and oxygen atoms in total. The number of carbonyl (C=O) groups is 2. The van der Waals surface area contributed by atoms with Gasteiger partial charge in [-0.15, -0.1) is 0 Å². The van der Waals surface area contributed by atoms with Crippen LogP contribution in [0.25, 0.3) is 0 Å². The van der Waals surface area contributed by atoms with Crippen molar-refractivity contribution in [3.05, 3.63) is 59.1 Å². The van der Waals surface area contributed by atoms with Crippen LogP contribution in [-0.2, 0) is 26.0 Å². The lowest BCUT2D eigenvalue weighted by molar-refractivity contribution is -0.142. The topological polar surface area (TPSA) is 84.5 Å². The van der Waals surface area contributed by atoms with Crippen LogP contribution < -0.4 is 9.21 Å². The molecule has 2 saturated heterocycles. The summed E-state index contributed by atoms with van der Waals surface area (Å²) in [5.41, 5.74) is 2.56. The van der Waals surface area contributed by atoms with Gasteiger partial charge in [0.15, 0.2) is 0 Å². The Morgan fingerprint density at radius 1 is 0.889 bits per heavy atom. The third-order valence-corrected chi connectivity index (χ3v) is 10.5. The summed E-state index contributed by atoms with van der Waals surface area (Å²) in [6.45, 7) is 11.2. The highest BCUT2D eigenvalue weighted by atomic mass is 35.5. The summed E-state index contributed by atoms with van der Waals surface area (Å²) in [6.07, 6.45) is 4.05. The zero-order valence-electron chi connectivity index (χ0n) is 26.9. The van der Waals surface area contributed by atoms with E-state index in [1.807, 2.05) is 58.3 Å². The van der Waals surface area contributed by atoms with Gasteiger partial charge in [-0.2, -0.15) is 0 Å². The largest absolute Gasteiger partial charge is 0.366 e. The van der Waals surface area contributed by atoms with E-state index in [9.17, 15) is 18.0 Å². The Morgan fingerprint density at radius 2 is 1.51 bits per heavy atom. The Kier molecular flexibility index (Phi) is 11.0. The van der Waals surface area contributed by atoms with Gasteiger partial charge in [-0.25, -0.2) is 8.42 Å². The Bertz CT molecular complexity index is 1420. The van der Waals surface area contributed by atoms with Gasteiger partial charge in [0, 0.05) is 76.9 Å². The maximum Gasteiger partial charge on any atom is 0.232 e. The molecular weight excluding hydrogens is 610 g/mol. The minimum Gasteiger partial charge on any atom is -0.366 e. The van der Waals surface area contributed by atoms with Crippen LogP contribution in [0.15, 0.2) is 48.5 Å². The molecule has 0 radical (unpaired) electrons. The van der Waals surface area contributed by atoms with E-state index in [-0.39, 0.29) is 18.2 Å². The summed E-state index contributed by atoms with van der Waals surface area (Å²) in [5.74, 6) is 0.563. The number of nitrogens with zero attached hydrogens (tertiary/aromatic N) is 5. The second kappa shape index (κ2) is 14.7. The SMILES string of the molecule is CC(C)CN1CCN(C(=O)CC(Cc2ccc(Cl)cc2)C(=O)N2CCN(c3ccccc3N(CC3CC3)S(C)(=O)=O)CC2)CC1. The van der Waals surface area contributed by atoms with E-state index in [0.29, 0.717) is 74.8 Å². The monoisotopic (exact) mass is 657 g/mol. The third kappa shape index (κ3) is 9.14. The van der Waals surface area contributed by atoms with Gasteiger partial charge < -0.3 is 14.7 Å². The Morgan fingerprint density at radius 3 is 2.11 bits per heavy atom. The molecule has 0 aromatic heterocycles. The summed E-state index contributed by atoms with van der Waals surface area (Å²) in [6, 6.07) is 15.2. The van der Waals surface area contributed by atoms with E-state index in [1.165, 1.54) is 6.26 Å². The second-order valence-corrected chi connectivity index (χ2v) is 15.7. The van der Waals surface area contributed by atoms with Gasteiger partial charge in [-0.1, -0.05) is 49.7 Å². The fourth-order valence-corrected chi connectivity index (χ4v) is 7.62. The predicted molar refractivity (Wildman–Crippen MR) is 181 cm³/mol. The van der Waals surface area contributed by atoms with Gasteiger partial charge in [-0.3, -0.25) is 18.8 Å². The predicted octanol–water partition coefficient (Wildman–Crippen LogP) is 4.21. The highest BCUT2D eigenvalue weighted by molar-refractivity contribution is 7.92. The molecule has 246 valence electrons. The number of sulfonamides is 1. The molecule has 11 heteroatoms. The van der Waals surface area contributed by atoms with Crippen molar-refractivity contribution < 1.29 is 18.0 Å². The number of amides is 2. The Labute approximate surface area is 274 Å². The van der Waals surface area contributed by atoms with Crippen molar-refractivity contribution in [2.45, 2.75) is 39.5 Å². The number of carbonyl (C=O) groups excluding carboxylic acids is 2. The van der Waals surface area contributed by atoms with Crippen molar-refractivity contribution in [1.82, 2.24) is 14.7 Å². The average molecular weight is 658 g/mol. The maximum absolute atomic E-state index is 14.1. The zero-order valence-corrected chi connectivity index (χ0v) is 28.5. The van der Waals surface area contributed by atoms with Crippen LogP contribution in [-0.4, -0.2) is 107 Å². The smallest absolute Gasteiger partial charge is 0.232 e. The Hall–Kier alpha value is -2.82. The first-order valence-electron chi connectivity index (χ1n) is 16.3. The summed E-state index contributed by atoms with van der Waals surface area (Å²) >= 11 is 6.13. The van der Waals surface area contributed by atoms with Crippen molar-refractivity contribution in [3.63, 3.8) is 0 Å². The van der Waals surface area contributed by atoms with E-state index >= 15 is 0 Å². The van der Waals surface area contributed by atoms with E-state index in [2.05, 4.69) is 23.6 Å². The summed E-state index contributed by atoms with van der Waals surface area (Å²) in [5, 5.41) is 0.639. The summed E-state index contributed by atoms with van der Waals surface area (Å²) in [4.78, 5) is 36.0. The Balaban J connectivity index is 1.26. The van der Waals surface area contributed by atoms with Gasteiger partial charge in [0.2, 0.25) is 21.8 Å². The van der Waals surface area contributed by atoms with Crippen LogP contribution in [0, 0.1) is 17.8 Å². The van der Waals surface area contributed by atoms with Crippen molar-refractivity contribution >= 4 is 44.8 Å².